The van der Waals surface area contributed by atoms with Crippen LogP contribution >= 0.6 is 0 Å². The fraction of sp³-hybridized carbons (Fsp3) is 0.500. The van der Waals surface area contributed by atoms with Crippen molar-refractivity contribution in [2.24, 2.45) is 5.92 Å². The van der Waals surface area contributed by atoms with Crippen molar-refractivity contribution in [3.63, 3.8) is 0 Å². The number of nitrogens with one attached hydrogen (secondary N) is 1. The van der Waals surface area contributed by atoms with Gasteiger partial charge in [-0.25, -0.2) is 4.39 Å². The van der Waals surface area contributed by atoms with E-state index in [2.05, 4.69) is 5.32 Å². The van der Waals surface area contributed by atoms with Crippen LogP contribution in [0.5, 0.6) is 0 Å². The highest BCUT2D eigenvalue weighted by molar-refractivity contribution is 5.90. The number of benzene rings is 1. The third kappa shape index (κ3) is 6.97. The van der Waals surface area contributed by atoms with Crippen molar-refractivity contribution in [2.75, 3.05) is 11.9 Å². The fourth-order valence-corrected chi connectivity index (χ4v) is 1.98. The minimum Gasteiger partial charge on any atom is -0.466 e. The van der Waals surface area contributed by atoms with Crippen LogP contribution in [0.3, 0.4) is 0 Å². The van der Waals surface area contributed by atoms with Crippen LogP contribution in [-0.4, -0.2) is 24.7 Å². The summed E-state index contributed by atoms with van der Waals surface area (Å²) < 4.78 is 54.8. The lowest BCUT2D eigenvalue weighted by molar-refractivity contribution is -0.147. The van der Waals surface area contributed by atoms with Crippen LogP contribution < -0.4 is 5.32 Å². The smallest absolute Gasteiger partial charge is 0.389 e. The highest BCUT2D eigenvalue weighted by atomic mass is 19.4. The predicted molar refractivity (Wildman–Crippen MR) is 79.8 cm³/mol. The van der Waals surface area contributed by atoms with Gasteiger partial charge in [-0.2, -0.15) is 13.2 Å². The number of carbonyl (C=O) groups is 2. The summed E-state index contributed by atoms with van der Waals surface area (Å²) in [6, 6.07) is 3.83. The molecule has 0 saturated carbocycles. The summed E-state index contributed by atoms with van der Waals surface area (Å²) in [7, 11) is 0. The molecule has 1 amide bonds. The molecule has 8 heteroatoms. The molecule has 1 N–H and O–H groups in total. The number of esters is 1. The Morgan fingerprint density at radius 1 is 1.29 bits per heavy atom. The summed E-state index contributed by atoms with van der Waals surface area (Å²) in [6.45, 7) is 3.56. The number of anilines is 1. The van der Waals surface area contributed by atoms with E-state index in [1.165, 1.54) is 12.1 Å². The molecule has 1 aromatic rings. The van der Waals surface area contributed by atoms with Gasteiger partial charge in [0.1, 0.15) is 5.82 Å². The second kappa shape index (κ2) is 8.65. The molecule has 1 unspecified atom stereocenters. The van der Waals surface area contributed by atoms with Gasteiger partial charge in [0.05, 0.1) is 24.6 Å². The van der Waals surface area contributed by atoms with Crippen molar-refractivity contribution >= 4 is 17.6 Å². The molecule has 24 heavy (non-hydrogen) atoms. The number of rotatable bonds is 7. The van der Waals surface area contributed by atoms with Gasteiger partial charge in [0.25, 0.3) is 0 Å². The van der Waals surface area contributed by atoms with E-state index in [1.54, 1.807) is 13.8 Å². The third-order valence-electron chi connectivity index (χ3n) is 3.17. The normalized spacial score (nSPS) is 12.6. The number of halogens is 4. The van der Waals surface area contributed by atoms with E-state index in [0.717, 1.165) is 6.07 Å². The topological polar surface area (TPSA) is 55.4 Å². The van der Waals surface area contributed by atoms with Gasteiger partial charge in [0.2, 0.25) is 5.91 Å². The maximum absolute atomic E-state index is 13.7. The minimum absolute atomic E-state index is 0.212. The van der Waals surface area contributed by atoms with Crippen LogP contribution in [0.4, 0.5) is 23.2 Å². The molecule has 0 aromatic heterocycles. The van der Waals surface area contributed by atoms with Crippen LogP contribution in [0.2, 0.25) is 0 Å². The Hall–Kier alpha value is -2.12. The van der Waals surface area contributed by atoms with Crippen LogP contribution in [0.15, 0.2) is 18.2 Å². The molecule has 1 atom stereocenters. The molecule has 0 spiro atoms. The Balaban J connectivity index is 2.72. The maximum Gasteiger partial charge on any atom is 0.389 e. The van der Waals surface area contributed by atoms with E-state index >= 15 is 0 Å². The SMILES string of the molecule is CCOC(=O)C(C)Cc1ccc(F)c(NC(=O)CCC(F)(F)F)c1. The molecule has 4 nitrogen and oxygen atoms in total. The highest BCUT2D eigenvalue weighted by Gasteiger charge is 2.28. The average Bonchev–Trinajstić information content (AvgIpc) is 2.48. The quantitative estimate of drug-likeness (QED) is 0.601. The Morgan fingerprint density at radius 3 is 2.54 bits per heavy atom. The summed E-state index contributed by atoms with van der Waals surface area (Å²) in [6.07, 6.45) is -6.26. The largest absolute Gasteiger partial charge is 0.466 e. The lowest BCUT2D eigenvalue weighted by Gasteiger charge is -2.13. The second-order valence-corrected chi connectivity index (χ2v) is 5.33. The summed E-state index contributed by atoms with van der Waals surface area (Å²) in [4.78, 5) is 23.1. The zero-order valence-corrected chi connectivity index (χ0v) is 13.4. The van der Waals surface area contributed by atoms with Crippen molar-refractivity contribution in [1.82, 2.24) is 0 Å². The first-order valence-electron chi connectivity index (χ1n) is 7.44. The number of carbonyl (C=O) groups excluding carboxylic acids is 2. The second-order valence-electron chi connectivity index (χ2n) is 5.33. The monoisotopic (exact) mass is 349 g/mol. The first kappa shape index (κ1) is 19.9. The molecule has 0 aliphatic heterocycles. The van der Waals surface area contributed by atoms with Crippen LogP contribution in [0, 0.1) is 11.7 Å². The lowest BCUT2D eigenvalue weighted by atomic mass is 10.0. The van der Waals surface area contributed by atoms with Gasteiger partial charge in [-0.3, -0.25) is 9.59 Å². The standard InChI is InChI=1S/C16H19F4NO3/c1-3-24-15(23)10(2)8-11-4-5-12(17)13(9-11)21-14(22)6-7-16(18,19)20/h4-5,9-10H,3,6-8H2,1-2H3,(H,21,22). The average molecular weight is 349 g/mol. The highest BCUT2D eigenvalue weighted by Crippen LogP contribution is 2.23. The number of hydrogen-bond acceptors (Lipinski definition) is 3. The first-order valence-corrected chi connectivity index (χ1v) is 7.44. The number of hydrogen-bond donors (Lipinski definition) is 1. The summed E-state index contributed by atoms with van der Waals surface area (Å²) >= 11 is 0. The van der Waals surface area contributed by atoms with E-state index in [4.69, 9.17) is 4.74 Å². The Morgan fingerprint density at radius 2 is 1.96 bits per heavy atom. The van der Waals surface area contributed by atoms with E-state index in [-0.39, 0.29) is 18.7 Å². The number of alkyl halides is 3. The Labute approximate surface area is 137 Å². The van der Waals surface area contributed by atoms with Crippen molar-refractivity contribution < 1.29 is 31.9 Å². The van der Waals surface area contributed by atoms with Gasteiger partial charge in [0, 0.05) is 6.42 Å². The summed E-state index contributed by atoms with van der Waals surface area (Å²) in [5, 5.41) is 2.12. The zero-order chi connectivity index (χ0) is 18.3. The predicted octanol–water partition coefficient (Wildman–Crippen LogP) is 3.85. The molecule has 0 radical (unpaired) electrons. The van der Waals surface area contributed by atoms with Gasteiger partial charge < -0.3 is 10.1 Å². The van der Waals surface area contributed by atoms with E-state index in [0.29, 0.717) is 5.56 Å². The molecule has 0 bridgehead atoms. The van der Waals surface area contributed by atoms with Crippen molar-refractivity contribution in [1.29, 1.82) is 0 Å². The molecule has 0 aliphatic rings. The molecule has 0 saturated heterocycles. The van der Waals surface area contributed by atoms with Gasteiger partial charge in [-0.1, -0.05) is 13.0 Å². The third-order valence-corrected chi connectivity index (χ3v) is 3.17. The molecule has 0 heterocycles. The Kier molecular flexibility index (Phi) is 7.18. The summed E-state index contributed by atoms with van der Waals surface area (Å²) in [5.41, 5.74) is 0.346. The van der Waals surface area contributed by atoms with Crippen molar-refractivity contribution in [2.45, 2.75) is 39.3 Å². The lowest BCUT2D eigenvalue weighted by Crippen LogP contribution is -2.18. The van der Waals surface area contributed by atoms with Crippen LogP contribution in [-0.2, 0) is 20.7 Å². The molecule has 0 fully saturated rings. The molecular formula is C16H19F4NO3. The van der Waals surface area contributed by atoms with E-state index in [9.17, 15) is 27.2 Å². The molecular weight excluding hydrogens is 330 g/mol. The van der Waals surface area contributed by atoms with Crippen LogP contribution in [0.25, 0.3) is 0 Å². The zero-order valence-electron chi connectivity index (χ0n) is 13.4. The van der Waals surface area contributed by atoms with Gasteiger partial charge in [0.15, 0.2) is 0 Å². The van der Waals surface area contributed by atoms with Gasteiger partial charge in [-0.05, 0) is 31.0 Å². The van der Waals surface area contributed by atoms with Gasteiger partial charge in [-0.15, -0.1) is 0 Å². The summed E-state index contributed by atoms with van der Waals surface area (Å²) in [5.74, 6) is -2.56. The maximum atomic E-state index is 13.7. The first-order chi connectivity index (χ1) is 11.1. The molecule has 1 aromatic carbocycles. The molecule has 0 aliphatic carbocycles. The van der Waals surface area contributed by atoms with Crippen molar-refractivity contribution in [3.05, 3.63) is 29.6 Å². The number of amides is 1. The van der Waals surface area contributed by atoms with E-state index < -0.39 is 42.6 Å². The van der Waals surface area contributed by atoms with Crippen LogP contribution in [0.1, 0.15) is 32.3 Å². The van der Waals surface area contributed by atoms with E-state index in [1.807, 2.05) is 0 Å². The minimum atomic E-state index is -4.45. The fourth-order valence-electron chi connectivity index (χ4n) is 1.98. The Bertz CT molecular complexity index is 587. The van der Waals surface area contributed by atoms with Gasteiger partial charge >= 0.3 is 12.1 Å². The number of ether oxygens (including phenoxy) is 1. The van der Waals surface area contributed by atoms with Crippen molar-refractivity contribution in [3.8, 4) is 0 Å². The molecule has 134 valence electrons. The molecule has 1 rings (SSSR count).